The number of hydrogen-bond acceptors (Lipinski definition) is 5. The number of fused-ring (bicyclic) bond motifs is 1. The number of halogens is 1. The van der Waals surface area contributed by atoms with Crippen LogP contribution in [-0.4, -0.2) is 56.9 Å². The van der Waals surface area contributed by atoms with Gasteiger partial charge in [0.25, 0.3) is 0 Å². The number of rotatable bonds is 3. The molecule has 22 heavy (non-hydrogen) atoms. The molecule has 1 amide bonds. The lowest BCUT2D eigenvalue weighted by atomic mass is 10.2. The maximum Gasteiger partial charge on any atom is 0.238 e. The van der Waals surface area contributed by atoms with Gasteiger partial charge in [0.1, 0.15) is 0 Å². The second-order valence-corrected chi connectivity index (χ2v) is 5.67. The molecule has 1 N–H and O–H groups in total. The van der Waals surface area contributed by atoms with Crippen LogP contribution in [0, 0.1) is 0 Å². The van der Waals surface area contributed by atoms with Crippen LogP contribution < -0.4 is 14.8 Å². The van der Waals surface area contributed by atoms with E-state index in [0.29, 0.717) is 55.2 Å². The Balaban J connectivity index is 1.66. The monoisotopic (exact) mass is 326 g/mol. The molecule has 0 spiro atoms. The summed E-state index contributed by atoms with van der Waals surface area (Å²) in [5.41, 5.74) is 0.546. The molecule has 0 radical (unpaired) electrons. The number of amides is 1. The quantitative estimate of drug-likeness (QED) is 0.917. The number of ether oxygens (including phenoxy) is 3. The van der Waals surface area contributed by atoms with Crippen LogP contribution in [0.5, 0.6) is 11.5 Å². The van der Waals surface area contributed by atoms with Crippen molar-refractivity contribution < 1.29 is 19.0 Å². The third-order valence-electron chi connectivity index (χ3n) is 3.58. The Morgan fingerprint density at radius 3 is 2.55 bits per heavy atom. The fourth-order valence-corrected chi connectivity index (χ4v) is 2.63. The van der Waals surface area contributed by atoms with Gasteiger partial charge in [-0.25, -0.2) is 0 Å². The van der Waals surface area contributed by atoms with Crippen molar-refractivity contribution in [1.29, 1.82) is 0 Å². The molecule has 0 unspecified atom stereocenters. The lowest BCUT2D eigenvalue weighted by Crippen LogP contribution is -2.41. The van der Waals surface area contributed by atoms with Gasteiger partial charge in [-0.15, -0.1) is 0 Å². The molecule has 0 aliphatic carbocycles. The zero-order chi connectivity index (χ0) is 15.4. The summed E-state index contributed by atoms with van der Waals surface area (Å²) in [6.07, 6.45) is 0.824. The minimum absolute atomic E-state index is 0.0988. The van der Waals surface area contributed by atoms with Gasteiger partial charge in [0, 0.05) is 31.6 Å². The van der Waals surface area contributed by atoms with Crippen molar-refractivity contribution in [2.24, 2.45) is 0 Å². The normalized spacial score (nSPS) is 18.6. The molecular formula is C15H19ClN2O4. The smallest absolute Gasteiger partial charge is 0.238 e. The van der Waals surface area contributed by atoms with Crippen LogP contribution in [0.3, 0.4) is 0 Å². The van der Waals surface area contributed by atoms with E-state index in [1.807, 2.05) is 0 Å². The lowest BCUT2D eigenvalue weighted by molar-refractivity contribution is -0.118. The van der Waals surface area contributed by atoms with Crippen LogP contribution in [0.15, 0.2) is 12.1 Å². The van der Waals surface area contributed by atoms with E-state index in [-0.39, 0.29) is 5.91 Å². The van der Waals surface area contributed by atoms with Gasteiger partial charge >= 0.3 is 0 Å². The van der Waals surface area contributed by atoms with E-state index < -0.39 is 0 Å². The summed E-state index contributed by atoms with van der Waals surface area (Å²) in [4.78, 5) is 14.2. The molecule has 3 rings (SSSR count). The SMILES string of the molecule is O=C(CN1CCOCC1)Nc1cc2c(cc1Cl)OCCCO2. The van der Waals surface area contributed by atoms with Gasteiger partial charge in [0.05, 0.1) is 43.7 Å². The molecule has 0 bridgehead atoms. The molecular weight excluding hydrogens is 308 g/mol. The van der Waals surface area contributed by atoms with Crippen LogP contribution in [0.4, 0.5) is 5.69 Å². The van der Waals surface area contributed by atoms with Gasteiger partial charge in [0.2, 0.25) is 5.91 Å². The van der Waals surface area contributed by atoms with E-state index in [2.05, 4.69) is 10.2 Å². The highest BCUT2D eigenvalue weighted by Gasteiger charge is 2.18. The van der Waals surface area contributed by atoms with Crippen molar-refractivity contribution in [2.45, 2.75) is 6.42 Å². The van der Waals surface area contributed by atoms with Crippen molar-refractivity contribution in [3.8, 4) is 11.5 Å². The summed E-state index contributed by atoms with van der Waals surface area (Å²) in [7, 11) is 0. The Hall–Kier alpha value is -1.50. The van der Waals surface area contributed by atoms with Crippen molar-refractivity contribution in [2.75, 3.05) is 51.4 Å². The third kappa shape index (κ3) is 3.82. The zero-order valence-corrected chi connectivity index (χ0v) is 13.0. The first-order valence-electron chi connectivity index (χ1n) is 7.41. The van der Waals surface area contributed by atoms with Gasteiger partial charge in [-0.3, -0.25) is 9.69 Å². The average Bonchev–Trinajstić information content (AvgIpc) is 2.73. The maximum absolute atomic E-state index is 12.1. The number of nitrogens with zero attached hydrogens (tertiary/aromatic N) is 1. The molecule has 0 saturated carbocycles. The van der Waals surface area contributed by atoms with Crippen LogP contribution >= 0.6 is 11.6 Å². The summed E-state index contributed by atoms with van der Waals surface area (Å²) < 4.78 is 16.4. The number of benzene rings is 1. The highest BCUT2D eigenvalue weighted by molar-refractivity contribution is 6.34. The van der Waals surface area contributed by atoms with Crippen molar-refractivity contribution >= 4 is 23.2 Å². The highest BCUT2D eigenvalue weighted by Crippen LogP contribution is 2.37. The Morgan fingerprint density at radius 2 is 1.82 bits per heavy atom. The predicted molar refractivity (Wildman–Crippen MR) is 82.9 cm³/mol. The lowest BCUT2D eigenvalue weighted by Gasteiger charge is -2.25. The van der Waals surface area contributed by atoms with Gasteiger partial charge in [-0.1, -0.05) is 11.6 Å². The van der Waals surface area contributed by atoms with Crippen LogP contribution in [0.2, 0.25) is 5.02 Å². The first-order chi connectivity index (χ1) is 10.7. The molecule has 120 valence electrons. The molecule has 2 heterocycles. The van der Waals surface area contributed by atoms with Crippen LogP contribution in [0.25, 0.3) is 0 Å². The number of hydrogen-bond donors (Lipinski definition) is 1. The van der Waals surface area contributed by atoms with E-state index in [1.165, 1.54) is 0 Å². The maximum atomic E-state index is 12.1. The van der Waals surface area contributed by atoms with Gasteiger partial charge in [-0.05, 0) is 0 Å². The Labute approximate surface area is 134 Å². The fourth-order valence-electron chi connectivity index (χ4n) is 2.43. The topological polar surface area (TPSA) is 60.0 Å². The van der Waals surface area contributed by atoms with E-state index >= 15 is 0 Å². The van der Waals surface area contributed by atoms with E-state index in [1.54, 1.807) is 12.1 Å². The zero-order valence-electron chi connectivity index (χ0n) is 12.3. The molecule has 1 saturated heterocycles. The molecule has 2 aliphatic heterocycles. The van der Waals surface area contributed by atoms with Gasteiger partial charge < -0.3 is 19.5 Å². The predicted octanol–water partition coefficient (Wildman–Crippen LogP) is 1.77. The van der Waals surface area contributed by atoms with E-state index in [0.717, 1.165) is 19.5 Å². The molecule has 0 atom stereocenters. The van der Waals surface area contributed by atoms with E-state index in [9.17, 15) is 4.79 Å². The van der Waals surface area contributed by atoms with Crippen molar-refractivity contribution in [1.82, 2.24) is 4.90 Å². The summed E-state index contributed by atoms with van der Waals surface area (Å²) in [5, 5.41) is 3.28. The standard InChI is InChI=1S/C15H19ClN2O4/c16-11-8-13-14(22-5-1-4-21-13)9-12(11)17-15(19)10-18-2-6-20-7-3-18/h8-9H,1-7,10H2,(H,17,19). The minimum atomic E-state index is -0.0988. The first kappa shape index (κ1) is 15.4. The summed E-state index contributed by atoms with van der Waals surface area (Å²) in [6.45, 7) is 4.39. The van der Waals surface area contributed by atoms with Crippen molar-refractivity contribution in [3.63, 3.8) is 0 Å². The second-order valence-electron chi connectivity index (χ2n) is 5.27. The van der Waals surface area contributed by atoms with Crippen LogP contribution in [0.1, 0.15) is 6.42 Å². The highest BCUT2D eigenvalue weighted by atomic mass is 35.5. The molecule has 1 aromatic rings. The van der Waals surface area contributed by atoms with Gasteiger partial charge in [0.15, 0.2) is 11.5 Å². The van der Waals surface area contributed by atoms with Gasteiger partial charge in [-0.2, -0.15) is 0 Å². The summed E-state index contributed by atoms with van der Waals surface area (Å²) in [5.74, 6) is 1.13. The molecule has 1 fully saturated rings. The number of anilines is 1. The third-order valence-corrected chi connectivity index (χ3v) is 3.89. The molecule has 0 aromatic heterocycles. The first-order valence-corrected chi connectivity index (χ1v) is 7.79. The number of carbonyl (C=O) groups is 1. The van der Waals surface area contributed by atoms with Crippen molar-refractivity contribution in [3.05, 3.63) is 17.2 Å². The Bertz CT molecular complexity index is 547. The number of nitrogens with one attached hydrogen (secondary N) is 1. The van der Waals surface area contributed by atoms with E-state index in [4.69, 9.17) is 25.8 Å². The molecule has 1 aromatic carbocycles. The summed E-state index contributed by atoms with van der Waals surface area (Å²) in [6, 6.07) is 3.41. The fraction of sp³-hybridized carbons (Fsp3) is 0.533. The Kier molecular flexibility index (Phi) is 5.02. The summed E-state index contributed by atoms with van der Waals surface area (Å²) >= 11 is 6.22. The number of carbonyl (C=O) groups excluding carboxylic acids is 1. The molecule has 6 nitrogen and oxygen atoms in total. The Morgan fingerprint density at radius 1 is 1.14 bits per heavy atom. The number of morpholine rings is 1. The largest absolute Gasteiger partial charge is 0.490 e. The average molecular weight is 327 g/mol. The molecule has 7 heteroatoms. The molecule has 2 aliphatic rings. The second kappa shape index (κ2) is 7.17. The minimum Gasteiger partial charge on any atom is -0.490 e. The van der Waals surface area contributed by atoms with Crippen LogP contribution in [-0.2, 0) is 9.53 Å².